The first kappa shape index (κ1) is 31.6. The number of rotatable bonds is 7. The predicted octanol–water partition coefficient (Wildman–Crippen LogP) is 7.12. The van der Waals surface area contributed by atoms with Crippen molar-refractivity contribution in [3.05, 3.63) is 34.4 Å². The second kappa shape index (κ2) is 11.8. The summed E-state index contributed by atoms with van der Waals surface area (Å²) < 4.78 is 76.0. The Balaban J connectivity index is 1.34. The van der Waals surface area contributed by atoms with Gasteiger partial charge < -0.3 is 24.8 Å². The number of benzene rings is 2. The van der Waals surface area contributed by atoms with Crippen LogP contribution < -0.4 is 20.1 Å². The summed E-state index contributed by atoms with van der Waals surface area (Å²) in [7, 11) is 0. The molecular weight excluding hydrogens is 672 g/mol. The topological polar surface area (TPSA) is 110 Å². The van der Waals surface area contributed by atoms with E-state index in [2.05, 4.69) is 16.8 Å². The van der Waals surface area contributed by atoms with Gasteiger partial charge in [0.25, 0.3) is 0 Å². The molecule has 4 aliphatic rings. The lowest BCUT2D eigenvalue weighted by Crippen LogP contribution is -2.44. The van der Waals surface area contributed by atoms with Crippen LogP contribution in [0.3, 0.4) is 0 Å². The third-order valence-electron chi connectivity index (χ3n) is 10.3. The van der Waals surface area contributed by atoms with Gasteiger partial charge in [-0.1, -0.05) is 24.6 Å². The Morgan fingerprint density at radius 3 is 2.88 bits per heavy atom. The van der Waals surface area contributed by atoms with Crippen LogP contribution in [0.2, 0.25) is 5.02 Å². The molecule has 4 aliphatic heterocycles. The molecule has 4 atom stereocenters. The van der Waals surface area contributed by atoms with Crippen LogP contribution in [-0.4, -0.2) is 72.0 Å². The number of nitrogens with two attached hydrogens (primary N) is 1. The molecule has 0 amide bonds. The van der Waals surface area contributed by atoms with Crippen molar-refractivity contribution in [2.24, 2.45) is 5.92 Å². The minimum absolute atomic E-state index is 0.00734. The van der Waals surface area contributed by atoms with Crippen molar-refractivity contribution in [2.45, 2.75) is 63.3 Å². The SMILES string of the molecule is C[C@H]1CN2CCC[C@@]2(COc2nc3c4c(c(Cl)c(-c5ccc(F)c6sc(N)c(C#N)c56)c(F)c4n2)OCC2CCC(COC(F)F)N32)C1. The summed E-state index contributed by atoms with van der Waals surface area (Å²) in [5, 5.41) is 10.2. The van der Waals surface area contributed by atoms with Crippen molar-refractivity contribution in [3.8, 4) is 29.0 Å². The van der Waals surface area contributed by atoms with Crippen molar-refractivity contribution in [2.75, 3.05) is 43.5 Å². The minimum Gasteiger partial charge on any atom is -0.489 e. The lowest BCUT2D eigenvalue weighted by Gasteiger charge is -2.32. The number of fused-ring (bicyclic) bond motifs is 4. The van der Waals surface area contributed by atoms with Crippen LogP contribution in [0.15, 0.2) is 12.1 Å². The maximum atomic E-state index is 17.2. The van der Waals surface area contributed by atoms with E-state index in [0.717, 1.165) is 43.7 Å². The maximum Gasteiger partial charge on any atom is 0.345 e. The molecule has 4 aromatic rings. The third kappa shape index (κ3) is 4.84. The fraction of sp³-hybridized carbons (Fsp3) is 0.485. The van der Waals surface area contributed by atoms with Crippen molar-refractivity contribution in [1.29, 1.82) is 5.26 Å². The Kier molecular flexibility index (Phi) is 7.74. The smallest absolute Gasteiger partial charge is 0.345 e. The van der Waals surface area contributed by atoms with Crippen molar-refractivity contribution < 1.29 is 31.8 Å². The second-order valence-electron chi connectivity index (χ2n) is 13.2. The Morgan fingerprint density at radius 2 is 2.08 bits per heavy atom. The number of hydrogen-bond acceptors (Lipinski definition) is 10. The fourth-order valence-electron chi connectivity index (χ4n) is 8.39. The predicted molar refractivity (Wildman–Crippen MR) is 174 cm³/mol. The van der Waals surface area contributed by atoms with Crippen molar-refractivity contribution in [1.82, 2.24) is 14.9 Å². The van der Waals surface area contributed by atoms with Crippen LogP contribution in [0.4, 0.5) is 28.4 Å². The number of aromatic nitrogens is 2. The van der Waals surface area contributed by atoms with E-state index < -0.39 is 24.3 Å². The molecule has 252 valence electrons. The van der Waals surface area contributed by atoms with Crippen LogP contribution in [0.25, 0.3) is 32.1 Å². The summed E-state index contributed by atoms with van der Waals surface area (Å²) in [6, 6.07) is 3.66. The van der Waals surface area contributed by atoms with Gasteiger partial charge in [-0.2, -0.15) is 24.0 Å². The number of nitrogens with zero attached hydrogens (tertiary/aromatic N) is 5. The van der Waals surface area contributed by atoms with E-state index in [1.165, 1.54) is 12.1 Å². The van der Waals surface area contributed by atoms with Crippen LogP contribution >= 0.6 is 22.9 Å². The molecule has 2 unspecified atom stereocenters. The Hall–Kier alpha value is -3.64. The quantitative estimate of drug-likeness (QED) is 0.201. The van der Waals surface area contributed by atoms with E-state index in [4.69, 9.17) is 36.5 Å². The first-order chi connectivity index (χ1) is 23.1. The van der Waals surface area contributed by atoms with Gasteiger partial charge in [0.1, 0.15) is 41.4 Å². The number of anilines is 2. The van der Waals surface area contributed by atoms with Gasteiger partial charge in [-0.15, -0.1) is 11.3 Å². The molecule has 0 radical (unpaired) electrons. The Bertz CT molecular complexity index is 2010. The number of halogens is 5. The number of thiophene rings is 1. The van der Waals surface area contributed by atoms with E-state index in [-0.39, 0.29) is 90.1 Å². The zero-order chi connectivity index (χ0) is 33.5. The highest BCUT2D eigenvalue weighted by atomic mass is 35.5. The zero-order valence-corrected chi connectivity index (χ0v) is 27.4. The highest BCUT2D eigenvalue weighted by Gasteiger charge is 2.48. The van der Waals surface area contributed by atoms with Gasteiger partial charge in [0, 0.05) is 17.5 Å². The highest BCUT2D eigenvalue weighted by molar-refractivity contribution is 7.23. The molecule has 0 spiro atoms. The molecule has 0 bridgehead atoms. The molecule has 2 aromatic heterocycles. The summed E-state index contributed by atoms with van der Waals surface area (Å²) in [6.45, 7) is 1.31. The van der Waals surface area contributed by atoms with Gasteiger partial charge in [0.2, 0.25) is 0 Å². The molecule has 3 saturated heterocycles. The molecule has 6 heterocycles. The summed E-state index contributed by atoms with van der Waals surface area (Å²) in [5.41, 5.74) is 5.76. The molecule has 8 rings (SSSR count). The van der Waals surface area contributed by atoms with Gasteiger partial charge in [0.05, 0.1) is 44.9 Å². The molecule has 2 N–H and O–H groups in total. The number of hydrogen-bond donors (Lipinski definition) is 1. The van der Waals surface area contributed by atoms with Crippen molar-refractivity contribution in [3.63, 3.8) is 0 Å². The lowest BCUT2D eigenvalue weighted by atomic mass is 9.92. The van der Waals surface area contributed by atoms with Gasteiger partial charge >= 0.3 is 12.6 Å². The van der Waals surface area contributed by atoms with Crippen molar-refractivity contribution >= 4 is 54.7 Å². The Labute approximate surface area is 282 Å². The minimum atomic E-state index is -2.96. The second-order valence-corrected chi connectivity index (χ2v) is 14.6. The van der Waals surface area contributed by atoms with Crippen LogP contribution in [0.1, 0.15) is 44.6 Å². The average molecular weight is 703 g/mol. The van der Waals surface area contributed by atoms with E-state index >= 15 is 4.39 Å². The van der Waals surface area contributed by atoms with Crippen LogP contribution in [0.5, 0.6) is 11.8 Å². The molecule has 2 aromatic carbocycles. The molecule has 15 heteroatoms. The van der Waals surface area contributed by atoms with E-state index in [1.54, 1.807) is 0 Å². The normalized spacial score (nSPS) is 25.0. The summed E-state index contributed by atoms with van der Waals surface area (Å²) in [5.74, 6) is -0.626. The lowest BCUT2D eigenvalue weighted by molar-refractivity contribution is -0.131. The summed E-state index contributed by atoms with van der Waals surface area (Å²) in [4.78, 5) is 13.7. The van der Waals surface area contributed by atoms with Gasteiger partial charge in [-0.3, -0.25) is 4.90 Å². The van der Waals surface area contributed by atoms with Crippen LogP contribution in [0, 0.1) is 28.9 Å². The van der Waals surface area contributed by atoms with Gasteiger partial charge in [-0.05, 0) is 56.2 Å². The summed E-state index contributed by atoms with van der Waals surface area (Å²) in [6.07, 6.45) is 4.05. The van der Waals surface area contributed by atoms with E-state index in [9.17, 15) is 18.4 Å². The monoisotopic (exact) mass is 702 g/mol. The molecule has 3 fully saturated rings. The van der Waals surface area contributed by atoms with E-state index in [1.807, 2.05) is 11.0 Å². The fourth-order valence-corrected chi connectivity index (χ4v) is 9.67. The number of ether oxygens (including phenoxy) is 3. The largest absolute Gasteiger partial charge is 0.489 e. The van der Waals surface area contributed by atoms with Crippen LogP contribution in [-0.2, 0) is 4.74 Å². The average Bonchev–Trinajstić information content (AvgIpc) is 3.78. The van der Waals surface area contributed by atoms with Gasteiger partial charge in [-0.25, -0.2) is 8.78 Å². The standard InChI is InChI=1S/C33H31ClF4N6O3S/c1-15-9-33(7-2-8-43(33)11-15)14-47-32-41-26-23-27(45-12-16-3-4-17(13-46-31(37)38)44(16)30(23)42-32)24(34)22(25(26)36)18-5-6-20(35)28-21(18)19(10-39)29(40)48-28/h5-6,15-17,31H,2-4,7-9,11-14,40H2,1H3/t15-,16?,17?,33+/m1/s1. The maximum absolute atomic E-state index is 17.2. The molecule has 0 saturated carbocycles. The number of alkyl halides is 2. The zero-order valence-electron chi connectivity index (χ0n) is 25.9. The first-order valence-electron chi connectivity index (χ1n) is 15.9. The molecule has 48 heavy (non-hydrogen) atoms. The number of nitriles is 1. The first-order valence-corrected chi connectivity index (χ1v) is 17.1. The Morgan fingerprint density at radius 1 is 1.25 bits per heavy atom. The number of nitrogen functional groups attached to an aromatic ring is 1. The molecule has 0 aliphatic carbocycles. The van der Waals surface area contributed by atoms with E-state index in [0.29, 0.717) is 25.4 Å². The highest BCUT2D eigenvalue weighted by Crippen LogP contribution is 2.52. The van der Waals surface area contributed by atoms with Gasteiger partial charge in [0.15, 0.2) is 11.6 Å². The third-order valence-corrected chi connectivity index (χ3v) is 11.7. The molecular formula is C33H31ClF4N6O3S. The molecule has 9 nitrogen and oxygen atoms in total. The summed E-state index contributed by atoms with van der Waals surface area (Å²) >= 11 is 7.89.